The van der Waals surface area contributed by atoms with Gasteiger partial charge in [0.05, 0.1) is 5.25 Å². The highest BCUT2D eigenvalue weighted by Gasteiger charge is 2.38. The Morgan fingerprint density at radius 1 is 1.22 bits per heavy atom. The fraction of sp³-hybridized carbons (Fsp3) is 0.150. The predicted octanol–water partition coefficient (Wildman–Crippen LogP) is 3.86. The van der Waals surface area contributed by atoms with E-state index in [1.165, 1.54) is 16.7 Å². The molecule has 1 aliphatic rings. The molecular weight excluding hydrogens is 382 g/mol. The van der Waals surface area contributed by atoms with Crippen molar-refractivity contribution in [1.29, 1.82) is 5.26 Å². The third kappa shape index (κ3) is 4.16. The van der Waals surface area contributed by atoms with Crippen LogP contribution in [-0.2, 0) is 16.1 Å². The lowest BCUT2D eigenvalue weighted by atomic mass is 10.2. The Balaban J connectivity index is 1.91. The van der Waals surface area contributed by atoms with Crippen molar-refractivity contribution in [2.45, 2.75) is 18.7 Å². The van der Waals surface area contributed by atoms with Gasteiger partial charge in [0.2, 0.25) is 5.91 Å². The molecule has 1 aliphatic heterocycles. The van der Waals surface area contributed by atoms with Crippen molar-refractivity contribution >= 4 is 40.9 Å². The lowest BCUT2D eigenvalue weighted by Gasteiger charge is -2.18. The Labute approximate surface area is 166 Å². The molecular formula is C20H16ClN3O2S. The third-order valence-electron chi connectivity index (χ3n) is 3.99. The average Bonchev–Trinajstić information content (AvgIpc) is 2.97. The molecule has 3 rings (SSSR count). The summed E-state index contributed by atoms with van der Waals surface area (Å²) >= 11 is 7.13. The number of hydrogen-bond acceptors (Lipinski definition) is 4. The number of anilines is 1. The maximum atomic E-state index is 12.6. The van der Waals surface area contributed by atoms with Crippen molar-refractivity contribution in [3.63, 3.8) is 0 Å². The van der Waals surface area contributed by atoms with E-state index in [4.69, 9.17) is 11.6 Å². The Kier molecular flexibility index (Phi) is 5.84. The number of nitriles is 1. The molecule has 7 heteroatoms. The number of carbonyl (C=O) groups excluding carboxylic acids is 2. The van der Waals surface area contributed by atoms with Crippen LogP contribution in [0, 0.1) is 11.3 Å². The van der Waals surface area contributed by atoms with Gasteiger partial charge in [0, 0.05) is 17.3 Å². The first kappa shape index (κ1) is 19.0. The molecule has 0 saturated carbocycles. The first-order valence-electron chi connectivity index (χ1n) is 8.24. The van der Waals surface area contributed by atoms with Gasteiger partial charge in [-0.15, -0.1) is 0 Å². The van der Waals surface area contributed by atoms with Crippen LogP contribution in [-0.4, -0.2) is 17.1 Å². The minimum atomic E-state index is -0.510. The van der Waals surface area contributed by atoms with Gasteiger partial charge in [-0.3, -0.25) is 14.5 Å². The van der Waals surface area contributed by atoms with E-state index in [1.807, 2.05) is 36.4 Å². The number of nitrogens with one attached hydrogen (secondary N) is 1. The molecule has 0 aliphatic carbocycles. The Hall–Kier alpha value is -2.75. The highest BCUT2D eigenvalue weighted by atomic mass is 35.5. The van der Waals surface area contributed by atoms with Crippen molar-refractivity contribution in [2.24, 2.45) is 0 Å². The lowest BCUT2D eigenvalue weighted by molar-refractivity contribution is -0.117. The van der Waals surface area contributed by atoms with E-state index < -0.39 is 5.91 Å². The van der Waals surface area contributed by atoms with Crippen LogP contribution >= 0.6 is 23.4 Å². The number of halogens is 1. The molecule has 0 radical (unpaired) electrons. The maximum absolute atomic E-state index is 12.6. The Bertz CT molecular complexity index is 936. The van der Waals surface area contributed by atoms with Crippen LogP contribution in [0.5, 0.6) is 0 Å². The summed E-state index contributed by atoms with van der Waals surface area (Å²) in [5, 5.41) is 12.8. The molecule has 1 fully saturated rings. The summed E-state index contributed by atoms with van der Waals surface area (Å²) in [5.41, 5.74) is 1.41. The number of amides is 2. The van der Waals surface area contributed by atoms with E-state index in [1.54, 1.807) is 31.2 Å². The Morgan fingerprint density at radius 3 is 2.52 bits per heavy atom. The van der Waals surface area contributed by atoms with E-state index in [-0.39, 0.29) is 16.7 Å². The summed E-state index contributed by atoms with van der Waals surface area (Å²) in [7, 11) is 0. The van der Waals surface area contributed by atoms with Gasteiger partial charge in [0.25, 0.3) is 5.91 Å². The minimum Gasteiger partial charge on any atom is -0.347 e. The standard InChI is InChI=1S/C20H16ClN3O2S/c1-13-19(26)24(16-9-7-15(21)8-10-16)20(27-13)17(11-22)18(25)23-12-14-5-3-2-4-6-14/h2-10,13H,12H2,1H3,(H,23,25)/b20-17-. The van der Waals surface area contributed by atoms with Crippen LogP contribution < -0.4 is 10.2 Å². The van der Waals surface area contributed by atoms with Gasteiger partial charge in [-0.25, -0.2) is 0 Å². The zero-order chi connectivity index (χ0) is 19.4. The smallest absolute Gasteiger partial charge is 0.264 e. The molecule has 1 atom stereocenters. The van der Waals surface area contributed by atoms with Gasteiger partial charge in [0.15, 0.2) is 0 Å². The van der Waals surface area contributed by atoms with Crippen LogP contribution in [0.15, 0.2) is 65.2 Å². The van der Waals surface area contributed by atoms with E-state index in [2.05, 4.69) is 5.32 Å². The van der Waals surface area contributed by atoms with Gasteiger partial charge >= 0.3 is 0 Å². The van der Waals surface area contributed by atoms with Gasteiger partial charge in [0.1, 0.15) is 16.7 Å². The van der Waals surface area contributed by atoms with Crippen LogP contribution in [0.2, 0.25) is 5.02 Å². The number of rotatable bonds is 4. The molecule has 2 aromatic rings. The normalized spacial score (nSPS) is 18.2. The third-order valence-corrected chi connectivity index (χ3v) is 5.41. The number of nitrogens with zero attached hydrogens (tertiary/aromatic N) is 2. The zero-order valence-corrected chi connectivity index (χ0v) is 16.1. The second kappa shape index (κ2) is 8.30. The van der Waals surface area contributed by atoms with E-state index in [9.17, 15) is 14.9 Å². The Morgan fingerprint density at radius 2 is 1.89 bits per heavy atom. The van der Waals surface area contributed by atoms with E-state index in [0.29, 0.717) is 22.3 Å². The van der Waals surface area contributed by atoms with E-state index in [0.717, 1.165) is 5.56 Å². The molecule has 1 saturated heterocycles. The minimum absolute atomic E-state index is 0.0800. The predicted molar refractivity (Wildman–Crippen MR) is 107 cm³/mol. The summed E-state index contributed by atoms with van der Waals surface area (Å²) in [4.78, 5) is 26.6. The molecule has 0 spiro atoms. The van der Waals surface area contributed by atoms with Crippen LogP contribution in [0.1, 0.15) is 12.5 Å². The molecule has 2 aromatic carbocycles. The van der Waals surface area contributed by atoms with Gasteiger partial charge in [-0.1, -0.05) is 53.7 Å². The first-order valence-corrected chi connectivity index (χ1v) is 9.49. The summed E-state index contributed by atoms with van der Waals surface area (Å²) in [6, 6.07) is 18.1. The number of thioether (sulfide) groups is 1. The summed E-state index contributed by atoms with van der Waals surface area (Å²) in [5.74, 6) is -0.689. The molecule has 0 bridgehead atoms. The second-order valence-corrected chi connectivity index (χ2v) is 7.64. The molecule has 2 amide bonds. The summed E-state index contributed by atoms with van der Waals surface area (Å²) in [6.07, 6.45) is 0. The van der Waals surface area contributed by atoms with Crippen LogP contribution in [0.3, 0.4) is 0 Å². The fourth-order valence-electron chi connectivity index (χ4n) is 2.62. The number of hydrogen-bond donors (Lipinski definition) is 1. The quantitative estimate of drug-likeness (QED) is 0.628. The van der Waals surface area contributed by atoms with Crippen molar-refractivity contribution < 1.29 is 9.59 Å². The topological polar surface area (TPSA) is 73.2 Å². The molecule has 136 valence electrons. The lowest BCUT2D eigenvalue weighted by Crippen LogP contribution is -2.30. The molecule has 0 aromatic heterocycles. The monoisotopic (exact) mass is 397 g/mol. The molecule has 5 nitrogen and oxygen atoms in total. The number of benzene rings is 2. The SMILES string of the molecule is CC1S/C(=C(/C#N)C(=O)NCc2ccccc2)N(c2ccc(Cl)cc2)C1=O. The van der Waals surface area contributed by atoms with E-state index >= 15 is 0 Å². The van der Waals surface area contributed by atoms with Crippen molar-refractivity contribution in [3.8, 4) is 6.07 Å². The van der Waals surface area contributed by atoms with Crippen molar-refractivity contribution in [2.75, 3.05) is 4.90 Å². The van der Waals surface area contributed by atoms with Gasteiger partial charge in [-0.05, 0) is 36.8 Å². The van der Waals surface area contributed by atoms with Crippen molar-refractivity contribution in [1.82, 2.24) is 5.32 Å². The maximum Gasteiger partial charge on any atom is 0.264 e. The van der Waals surface area contributed by atoms with Gasteiger partial charge in [-0.2, -0.15) is 5.26 Å². The average molecular weight is 398 g/mol. The zero-order valence-electron chi connectivity index (χ0n) is 14.5. The van der Waals surface area contributed by atoms with Gasteiger partial charge < -0.3 is 5.32 Å². The number of carbonyl (C=O) groups is 2. The first-order chi connectivity index (χ1) is 13.0. The summed E-state index contributed by atoms with van der Waals surface area (Å²) in [6.45, 7) is 2.05. The molecule has 1 heterocycles. The van der Waals surface area contributed by atoms with Crippen LogP contribution in [0.25, 0.3) is 0 Å². The molecule has 1 N–H and O–H groups in total. The fourth-order valence-corrected chi connectivity index (χ4v) is 3.84. The van der Waals surface area contributed by atoms with Crippen molar-refractivity contribution in [3.05, 3.63) is 75.8 Å². The second-order valence-electron chi connectivity index (χ2n) is 5.87. The van der Waals surface area contributed by atoms with Crippen LogP contribution in [0.4, 0.5) is 5.69 Å². The largest absolute Gasteiger partial charge is 0.347 e. The molecule has 1 unspecified atom stereocenters. The highest BCUT2D eigenvalue weighted by molar-refractivity contribution is 8.05. The molecule has 27 heavy (non-hydrogen) atoms. The summed E-state index contributed by atoms with van der Waals surface area (Å²) < 4.78 is 0. The highest BCUT2D eigenvalue weighted by Crippen LogP contribution is 2.40.